The van der Waals surface area contributed by atoms with Crippen molar-refractivity contribution in [2.45, 2.75) is 39.2 Å². The highest BCUT2D eigenvalue weighted by Gasteiger charge is 2.28. The summed E-state index contributed by atoms with van der Waals surface area (Å²) < 4.78 is 39.5. The van der Waals surface area contributed by atoms with Crippen LogP contribution in [0.5, 0.6) is 0 Å². The Hall–Kier alpha value is -1.19. The zero-order valence-electron chi connectivity index (χ0n) is 10.6. The van der Waals surface area contributed by atoms with Crippen molar-refractivity contribution in [3.05, 3.63) is 29.6 Å². The third-order valence-corrected chi connectivity index (χ3v) is 3.88. The third-order valence-electron chi connectivity index (χ3n) is 3.88. The van der Waals surface area contributed by atoms with Gasteiger partial charge in [-0.3, -0.25) is 0 Å². The van der Waals surface area contributed by atoms with Crippen molar-refractivity contribution in [1.29, 1.82) is 0 Å². The first kappa shape index (κ1) is 13.2. The van der Waals surface area contributed by atoms with Gasteiger partial charge in [-0.05, 0) is 24.7 Å². The summed E-state index contributed by atoms with van der Waals surface area (Å²) in [6, 6.07) is 1.60. The summed E-state index contributed by atoms with van der Waals surface area (Å²) in [6.07, 6.45) is 3.32. The lowest BCUT2D eigenvalue weighted by molar-refractivity contribution is 0.267. The van der Waals surface area contributed by atoms with E-state index in [4.69, 9.17) is 0 Å². The topological polar surface area (TPSA) is 12.0 Å². The highest BCUT2D eigenvalue weighted by Crippen LogP contribution is 2.32. The van der Waals surface area contributed by atoms with Crippen LogP contribution in [0.1, 0.15) is 33.1 Å². The van der Waals surface area contributed by atoms with Gasteiger partial charge in [0.15, 0.2) is 11.6 Å². The molecule has 0 heterocycles. The number of halogens is 3. The Bertz CT molecular complexity index is 423. The highest BCUT2D eigenvalue weighted by atomic mass is 19.2. The fraction of sp³-hybridized carbons (Fsp3) is 0.571. The zero-order valence-corrected chi connectivity index (χ0v) is 10.6. The zero-order chi connectivity index (χ0) is 13.3. The van der Waals surface area contributed by atoms with Crippen molar-refractivity contribution in [2.75, 3.05) is 5.32 Å². The van der Waals surface area contributed by atoms with E-state index < -0.39 is 17.5 Å². The van der Waals surface area contributed by atoms with E-state index in [0.29, 0.717) is 17.9 Å². The smallest absolute Gasteiger partial charge is 0.161 e. The molecular weight excluding hydrogens is 239 g/mol. The highest BCUT2D eigenvalue weighted by molar-refractivity contribution is 5.46. The molecule has 1 N–H and O–H groups in total. The molecule has 18 heavy (non-hydrogen) atoms. The Morgan fingerprint density at radius 3 is 2.11 bits per heavy atom. The first-order valence-corrected chi connectivity index (χ1v) is 6.40. The van der Waals surface area contributed by atoms with E-state index in [1.807, 2.05) is 0 Å². The van der Waals surface area contributed by atoms with Crippen LogP contribution in [0.3, 0.4) is 0 Å². The van der Waals surface area contributed by atoms with Crippen molar-refractivity contribution in [3.8, 4) is 0 Å². The SMILES string of the molecule is CC1CCCC(C)C1Nc1cc(F)c(F)cc1F. The van der Waals surface area contributed by atoms with Gasteiger partial charge in [0, 0.05) is 18.2 Å². The van der Waals surface area contributed by atoms with Gasteiger partial charge in [0.1, 0.15) is 5.82 Å². The van der Waals surface area contributed by atoms with E-state index in [1.165, 1.54) is 6.42 Å². The second-order valence-corrected chi connectivity index (χ2v) is 5.30. The van der Waals surface area contributed by atoms with Gasteiger partial charge in [-0.15, -0.1) is 0 Å². The predicted octanol–water partition coefficient (Wildman–Crippen LogP) is 4.34. The molecule has 0 spiro atoms. The number of hydrogen-bond acceptors (Lipinski definition) is 1. The minimum absolute atomic E-state index is 0.0551. The van der Waals surface area contributed by atoms with Crippen LogP contribution in [-0.4, -0.2) is 6.04 Å². The summed E-state index contributed by atoms with van der Waals surface area (Å²) in [6.45, 7) is 4.20. The number of hydrogen-bond donors (Lipinski definition) is 1. The molecule has 2 unspecified atom stereocenters. The second kappa shape index (κ2) is 5.21. The lowest BCUT2D eigenvalue weighted by Gasteiger charge is -2.36. The van der Waals surface area contributed by atoms with Crippen LogP contribution in [-0.2, 0) is 0 Å². The molecule has 1 aromatic rings. The van der Waals surface area contributed by atoms with Crippen molar-refractivity contribution < 1.29 is 13.2 Å². The van der Waals surface area contributed by atoms with Crippen molar-refractivity contribution in [1.82, 2.24) is 0 Å². The summed E-state index contributed by atoms with van der Waals surface area (Å²) in [4.78, 5) is 0. The van der Waals surface area contributed by atoms with Gasteiger partial charge < -0.3 is 5.32 Å². The molecule has 1 aromatic carbocycles. The van der Waals surface area contributed by atoms with Crippen LogP contribution in [0.25, 0.3) is 0 Å². The monoisotopic (exact) mass is 257 g/mol. The first-order valence-electron chi connectivity index (χ1n) is 6.40. The van der Waals surface area contributed by atoms with E-state index in [2.05, 4.69) is 19.2 Å². The number of anilines is 1. The van der Waals surface area contributed by atoms with Gasteiger partial charge in [0.05, 0.1) is 5.69 Å². The molecule has 1 aliphatic rings. The van der Waals surface area contributed by atoms with Gasteiger partial charge in [-0.2, -0.15) is 0 Å². The minimum atomic E-state index is -1.15. The maximum Gasteiger partial charge on any atom is 0.161 e. The summed E-state index contributed by atoms with van der Waals surface area (Å²) in [5.74, 6) is -2.10. The lowest BCUT2D eigenvalue weighted by atomic mass is 9.78. The van der Waals surface area contributed by atoms with Crippen molar-refractivity contribution >= 4 is 5.69 Å². The molecular formula is C14H18F3N. The maximum atomic E-state index is 13.6. The molecule has 0 bridgehead atoms. The number of benzene rings is 1. The largest absolute Gasteiger partial charge is 0.379 e. The Labute approximate surface area is 105 Å². The van der Waals surface area contributed by atoms with Gasteiger partial charge in [0.2, 0.25) is 0 Å². The fourth-order valence-electron chi connectivity index (χ4n) is 2.78. The Kier molecular flexibility index (Phi) is 3.83. The van der Waals surface area contributed by atoms with Crippen LogP contribution in [0.4, 0.5) is 18.9 Å². The third kappa shape index (κ3) is 2.62. The van der Waals surface area contributed by atoms with Gasteiger partial charge in [0.25, 0.3) is 0 Å². The predicted molar refractivity (Wildman–Crippen MR) is 65.9 cm³/mol. The van der Waals surface area contributed by atoms with Gasteiger partial charge in [-0.1, -0.05) is 20.3 Å². The molecule has 4 heteroatoms. The molecule has 0 radical (unpaired) electrons. The molecule has 2 atom stereocenters. The molecule has 1 aliphatic carbocycles. The average molecular weight is 257 g/mol. The van der Waals surface area contributed by atoms with Crippen LogP contribution in [0.2, 0.25) is 0 Å². The first-order chi connectivity index (χ1) is 8.49. The fourth-order valence-corrected chi connectivity index (χ4v) is 2.78. The molecule has 2 rings (SSSR count). The molecule has 1 nitrogen and oxygen atoms in total. The molecule has 100 valence electrons. The molecule has 0 amide bonds. The van der Waals surface area contributed by atoms with E-state index in [1.54, 1.807) is 0 Å². The standard InChI is InChI=1S/C14H18F3N/c1-8-4-3-5-9(2)14(8)18-13-7-11(16)10(15)6-12(13)17/h6-9,14,18H,3-5H2,1-2H3. The Morgan fingerprint density at radius 2 is 1.50 bits per heavy atom. The number of rotatable bonds is 2. The Balaban J connectivity index is 2.20. The van der Waals surface area contributed by atoms with Gasteiger partial charge >= 0.3 is 0 Å². The average Bonchev–Trinajstić information content (AvgIpc) is 2.30. The van der Waals surface area contributed by atoms with Crippen LogP contribution >= 0.6 is 0 Å². The van der Waals surface area contributed by atoms with Crippen molar-refractivity contribution in [3.63, 3.8) is 0 Å². The van der Waals surface area contributed by atoms with E-state index in [0.717, 1.165) is 18.9 Å². The summed E-state index contributed by atoms with van der Waals surface area (Å²) in [7, 11) is 0. The van der Waals surface area contributed by atoms with Crippen molar-refractivity contribution in [2.24, 2.45) is 11.8 Å². The summed E-state index contributed by atoms with van der Waals surface area (Å²) in [5, 5.41) is 3.04. The molecule has 1 saturated carbocycles. The number of nitrogens with one attached hydrogen (secondary N) is 1. The molecule has 1 fully saturated rings. The quantitative estimate of drug-likeness (QED) is 0.777. The maximum absolute atomic E-state index is 13.6. The van der Waals surface area contributed by atoms with Gasteiger partial charge in [-0.25, -0.2) is 13.2 Å². The van der Waals surface area contributed by atoms with Crippen LogP contribution in [0.15, 0.2) is 12.1 Å². The van der Waals surface area contributed by atoms with E-state index in [9.17, 15) is 13.2 Å². The van der Waals surface area contributed by atoms with Crippen LogP contribution in [0, 0.1) is 29.3 Å². The second-order valence-electron chi connectivity index (χ2n) is 5.30. The summed E-state index contributed by atoms with van der Waals surface area (Å²) >= 11 is 0. The molecule has 0 saturated heterocycles. The Morgan fingerprint density at radius 1 is 0.944 bits per heavy atom. The lowest BCUT2D eigenvalue weighted by Crippen LogP contribution is -2.37. The molecule has 0 aromatic heterocycles. The van der Waals surface area contributed by atoms with E-state index in [-0.39, 0.29) is 11.7 Å². The van der Waals surface area contributed by atoms with Crippen LogP contribution < -0.4 is 5.32 Å². The minimum Gasteiger partial charge on any atom is -0.379 e. The molecule has 0 aliphatic heterocycles. The summed E-state index contributed by atoms with van der Waals surface area (Å²) in [5.41, 5.74) is 0.0551. The van der Waals surface area contributed by atoms with E-state index >= 15 is 0 Å². The normalized spacial score (nSPS) is 28.2.